The van der Waals surface area contributed by atoms with Gasteiger partial charge in [-0.15, -0.1) is 0 Å². The number of ether oxygens (including phenoxy) is 1. The molecule has 1 saturated heterocycles. The Morgan fingerprint density at radius 1 is 1.38 bits per heavy atom. The molecule has 0 aliphatic carbocycles. The fraction of sp³-hybridized carbons (Fsp3) is 0.450. The number of amides is 1. The minimum absolute atomic E-state index is 0.0405. The Labute approximate surface area is 175 Å². The summed E-state index contributed by atoms with van der Waals surface area (Å²) < 4.78 is 7.68. The van der Waals surface area contributed by atoms with E-state index < -0.39 is 0 Å². The van der Waals surface area contributed by atoms with Gasteiger partial charge in [0.05, 0.1) is 36.5 Å². The summed E-state index contributed by atoms with van der Waals surface area (Å²) in [4.78, 5) is 19.1. The molecule has 9 heteroatoms. The normalized spacial score (nSPS) is 17.3. The predicted molar refractivity (Wildman–Crippen MR) is 113 cm³/mol. The third-order valence-corrected chi connectivity index (χ3v) is 4.90. The van der Waals surface area contributed by atoms with Crippen LogP contribution in [0.1, 0.15) is 28.9 Å². The maximum Gasteiger partial charge on any atom is 0.252 e. The van der Waals surface area contributed by atoms with Crippen LogP contribution in [0.15, 0.2) is 41.7 Å². The largest absolute Gasteiger partial charge is 0.370 e. The van der Waals surface area contributed by atoms with Crippen LogP contribution in [-0.4, -0.2) is 65.9 Å². The van der Waals surface area contributed by atoms with E-state index in [4.69, 9.17) is 16.3 Å². The fourth-order valence-electron chi connectivity index (χ4n) is 3.15. The zero-order chi connectivity index (χ0) is 20.6. The van der Waals surface area contributed by atoms with Gasteiger partial charge in [-0.05, 0) is 19.1 Å². The number of hydrogen-bond acceptors (Lipinski definition) is 4. The number of halogens is 1. The first-order chi connectivity index (χ1) is 14.1. The van der Waals surface area contributed by atoms with E-state index in [1.54, 1.807) is 28.9 Å². The number of aliphatic imine (C=N–C) groups is 1. The van der Waals surface area contributed by atoms with E-state index in [0.29, 0.717) is 36.8 Å². The first-order valence-corrected chi connectivity index (χ1v) is 10.1. The van der Waals surface area contributed by atoms with Crippen molar-refractivity contribution in [3.05, 3.63) is 52.8 Å². The van der Waals surface area contributed by atoms with Crippen molar-refractivity contribution in [1.82, 2.24) is 25.3 Å². The highest BCUT2D eigenvalue weighted by Gasteiger charge is 2.25. The van der Waals surface area contributed by atoms with Crippen molar-refractivity contribution in [2.75, 3.05) is 39.3 Å². The number of aryl methyl sites for hydroxylation is 1. The molecule has 1 aromatic heterocycles. The van der Waals surface area contributed by atoms with Crippen molar-refractivity contribution < 1.29 is 9.53 Å². The van der Waals surface area contributed by atoms with Gasteiger partial charge in [-0.2, -0.15) is 5.10 Å². The average Bonchev–Trinajstić information content (AvgIpc) is 3.17. The predicted octanol–water partition coefficient (Wildman–Crippen LogP) is 1.84. The molecule has 8 nitrogen and oxygen atoms in total. The van der Waals surface area contributed by atoms with Gasteiger partial charge in [0.2, 0.25) is 0 Å². The summed E-state index contributed by atoms with van der Waals surface area (Å²) in [5, 5.41) is 10.9. The number of carbonyl (C=O) groups excluding carboxylic acids is 1. The minimum Gasteiger partial charge on any atom is -0.370 e. The molecule has 1 fully saturated rings. The number of nitrogens with one attached hydrogen (secondary N) is 2. The monoisotopic (exact) mass is 418 g/mol. The van der Waals surface area contributed by atoms with Crippen LogP contribution >= 0.6 is 11.6 Å². The van der Waals surface area contributed by atoms with Crippen molar-refractivity contribution >= 4 is 23.5 Å². The van der Waals surface area contributed by atoms with Crippen molar-refractivity contribution in [3.8, 4) is 0 Å². The Kier molecular flexibility index (Phi) is 7.48. The van der Waals surface area contributed by atoms with Crippen LogP contribution in [0, 0.1) is 0 Å². The molecule has 0 saturated carbocycles. The van der Waals surface area contributed by atoms with E-state index in [-0.39, 0.29) is 12.0 Å². The highest BCUT2D eigenvalue weighted by Crippen LogP contribution is 2.21. The second-order valence-corrected chi connectivity index (χ2v) is 7.13. The summed E-state index contributed by atoms with van der Waals surface area (Å²) in [6, 6.07) is 7.00. The Balaban J connectivity index is 1.56. The van der Waals surface area contributed by atoms with Crippen LogP contribution in [0.25, 0.3) is 0 Å². The third kappa shape index (κ3) is 5.71. The number of carbonyl (C=O) groups is 1. The van der Waals surface area contributed by atoms with Crippen molar-refractivity contribution in [2.45, 2.75) is 13.0 Å². The lowest BCUT2D eigenvalue weighted by atomic mass is 10.1. The lowest BCUT2D eigenvalue weighted by molar-refractivity contribution is -0.00803. The first kappa shape index (κ1) is 21.1. The number of guanidine groups is 1. The molecule has 1 atom stereocenters. The van der Waals surface area contributed by atoms with Crippen LogP contribution in [0.4, 0.5) is 0 Å². The molecule has 2 aromatic rings. The highest BCUT2D eigenvalue weighted by atomic mass is 35.5. The Morgan fingerprint density at radius 2 is 2.21 bits per heavy atom. The molecule has 156 valence electrons. The van der Waals surface area contributed by atoms with Crippen LogP contribution in [0.3, 0.4) is 0 Å². The maximum absolute atomic E-state index is 12.2. The van der Waals surface area contributed by atoms with Gasteiger partial charge < -0.3 is 20.3 Å². The number of aromatic nitrogens is 2. The van der Waals surface area contributed by atoms with Gasteiger partial charge in [-0.1, -0.05) is 23.7 Å². The smallest absolute Gasteiger partial charge is 0.252 e. The van der Waals surface area contributed by atoms with Crippen LogP contribution in [0.2, 0.25) is 5.02 Å². The van der Waals surface area contributed by atoms with E-state index in [1.165, 1.54) is 0 Å². The molecule has 3 rings (SSSR count). The number of benzene rings is 1. The zero-order valence-corrected chi connectivity index (χ0v) is 17.5. The standard InChI is InChI=1S/C20H27ClN6O2/c1-3-22-20(24-9-8-23-19(28)16-6-4-5-7-17(16)21)27-10-11-29-18(14-27)15-12-25-26(2)13-15/h4-7,12-13,18H,3,8-11,14H2,1-2H3,(H,22,24)(H,23,28). The van der Waals surface area contributed by atoms with Crippen molar-refractivity contribution in [3.63, 3.8) is 0 Å². The summed E-state index contributed by atoms with van der Waals surface area (Å²) in [5.74, 6) is 0.621. The summed E-state index contributed by atoms with van der Waals surface area (Å²) in [5.41, 5.74) is 1.53. The van der Waals surface area contributed by atoms with Gasteiger partial charge >= 0.3 is 0 Å². The molecule has 0 radical (unpaired) electrons. The summed E-state index contributed by atoms with van der Waals surface area (Å²) in [6.45, 7) is 5.77. The molecule has 1 aromatic carbocycles. The summed E-state index contributed by atoms with van der Waals surface area (Å²) >= 11 is 6.07. The lowest BCUT2D eigenvalue weighted by Gasteiger charge is -2.34. The molecule has 2 N–H and O–H groups in total. The highest BCUT2D eigenvalue weighted by molar-refractivity contribution is 6.33. The Morgan fingerprint density at radius 3 is 2.93 bits per heavy atom. The van der Waals surface area contributed by atoms with E-state index >= 15 is 0 Å². The quantitative estimate of drug-likeness (QED) is 0.425. The van der Waals surface area contributed by atoms with E-state index in [1.807, 2.05) is 26.4 Å². The molecular formula is C20H27ClN6O2. The maximum atomic E-state index is 12.2. The van der Waals surface area contributed by atoms with Gasteiger partial charge in [-0.3, -0.25) is 14.5 Å². The third-order valence-electron chi connectivity index (χ3n) is 4.57. The van der Waals surface area contributed by atoms with Gasteiger partial charge in [0, 0.05) is 38.4 Å². The van der Waals surface area contributed by atoms with Crippen LogP contribution in [-0.2, 0) is 11.8 Å². The number of hydrogen-bond donors (Lipinski definition) is 2. The molecule has 2 heterocycles. The van der Waals surface area contributed by atoms with Crippen LogP contribution < -0.4 is 10.6 Å². The summed E-state index contributed by atoms with van der Waals surface area (Å²) in [6.07, 6.45) is 3.77. The van der Waals surface area contributed by atoms with E-state index in [9.17, 15) is 4.79 Å². The zero-order valence-electron chi connectivity index (χ0n) is 16.8. The number of morpholine rings is 1. The van der Waals surface area contributed by atoms with E-state index in [0.717, 1.165) is 24.6 Å². The van der Waals surface area contributed by atoms with Crippen LogP contribution in [0.5, 0.6) is 0 Å². The van der Waals surface area contributed by atoms with Gasteiger partial charge in [-0.25, -0.2) is 0 Å². The summed E-state index contributed by atoms with van der Waals surface area (Å²) in [7, 11) is 1.90. The molecule has 0 spiro atoms. The molecule has 0 bridgehead atoms. The average molecular weight is 419 g/mol. The number of rotatable bonds is 6. The van der Waals surface area contributed by atoms with Crippen molar-refractivity contribution in [1.29, 1.82) is 0 Å². The Bertz CT molecular complexity index is 853. The lowest BCUT2D eigenvalue weighted by Crippen LogP contribution is -2.48. The Hall–Kier alpha value is -2.58. The van der Waals surface area contributed by atoms with Gasteiger partial charge in [0.1, 0.15) is 6.10 Å². The van der Waals surface area contributed by atoms with Gasteiger partial charge in [0.25, 0.3) is 5.91 Å². The minimum atomic E-state index is -0.196. The second-order valence-electron chi connectivity index (χ2n) is 6.72. The van der Waals surface area contributed by atoms with Gasteiger partial charge in [0.15, 0.2) is 5.96 Å². The van der Waals surface area contributed by atoms with E-state index in [2.05, 4.69) is 25.6 Å². The molecule has 1 unspecified atom stereocenters. The molecule has 1 aliphatic heterocycles. The SMILES string of the molecule is CCNC(=NCCNC(=O)c1ccccc1Cl)N1CCOC(c2cnn(C)c2)C1. The van der Waals surface area contributed by atoms with Crippen molar-refractivity contribution in [2.24, 2.45) is 12.0 Å². The number of nitrogens with zero attached hydrogens (tertiary/aromatic N) is 4. The molecular weight excluding hydrogens is 392 g/mol. The second kappa shape index (κ2) is 10.3. The molecule has 1 aliphatic rings. The fourth-order valence-corrected chi connectivity index (χ4v) is 3.37. The first-order valence-electron chi connectivity index (χ1n) is 9.74. The molecule has 29 heavy (non-hydrogen) atoms. The molecule has 1 amide bonds. The topological polar surface area (TPSA) is 83.8 Å².